The number of phenols is 1. The van der Waals surface area contributed by atoms with Gasteiger partial charge in [-0.2, -0.15) is 4.98 Å². The summed E-state index contributed by atoms with van der Waals surface area (Å²) >= 11 is 0. The molecule has 1 aromatic heterocycles. The molecule has 0 spiro atoms. The Balaban J connectivity index is 1.98. The van der Waals surface area contributed by atoms with Crippen molar-refractivity contribution in [2.75, 3.05) is 0 Å². The Labute approximate surface area is 99.3 Å². The molecule has 1 aromatic carbocycles. The van der Waals surface area contributed by atoms with Crippen molar-refractivity contribution in [2.24, 2.45) is 0 Å². The maximum Gasteiger partial charge on any atom is 0.258 e. The van der Waals surface area contributed by atoms with E-state index in [0.29, 0.717) is 5.89 Å². The summed E-state index contributed by atoms with van der Waals surface area (Å²) in [5, 5.41) is 13.7. The zero-order chi connectivity index (χ0) is 12.0. The van der Waals surface area contributed by atoms with E-state index < -0.39 is 0 Å². The zero-order valence-electron chi connectivity index (χ0n) is 9.90. The van der Waals surface area contributed by atoms with Crippen LogP contribution < -0.4 is 0 Å². The summed E-state index contributed by atoms with van der Waals surface area (Å²) in [4.78, 5) is 4.40. The van der Waals surface area contributed by atoms with Crippen LogP contribution in [-0.4, -0.2) is 15.2 Å². The van der Waals surface area contributed by atoms with Crippen molar-refractivity contribution in [3.63, 3.8) is 0 Å². The molecule has 4 heteroatoms. The molecule has 0 amide bonds. The van der Waals surface area contributed by atoms with Gasteiger partial charge < -0.3 is 9.63 Å². The minimum atomic E-state index is 0.106. The van der Waals surface area contributed by atoms with E-state index >= 15 is 0 Å². The molecule has 0 radical (unpaired) electrons. The molecule has 1 heterocycles. The maximum absolute atomic E-state index is 9.65. The van der Waals surface area contributed by atoms with Crippen molar-refractivity contribution in [2.45, 2.75) is 32.1 Å². The lowest BCUT2D eigenvalue weighted by molar-refractivity contribution is 0.415. The Morgan fingerprint density at radius 2 is 2.12 bits per heavy atom. The average molecular weight is 230 g/mol. The highest BCUT2D eigenvalue weighted by Gasteiger charge is 2.43. The first-order chi connectivity index (χ1) is 8.08. The first kappa shape index (κ1) is 10.3. The molecule has 0 unspecified atom stereocenters. The third-order valence-corrected chi connectivity index (χ3v) is 3.42. The lowest BCUT2D eigenvalue weighted by Crippen LogP contribution is -2.01. The van der Waals surface area contributed by atoms with Crippen molar-refractivity contribution < 1.29 is 9.63 Å². The van der Waals surface area contributed by atoms with Crippen LogP contribution in [-0.2, 0) is 5.41 Å². The monoisotopic (exact) mass is 230 g/mol. The molecular weight excluding hydrogens is 216 g/mol. The van der Waals surface area contributed by atoms with Gasteiger partial charge in [-0.25, -0.2) is 0 Å². The van der Waals surface area contributed by atoms with Crippen molar-refractivity contribution in [1.82, 2.24) is 10.1 Å². The average Bonchev–Trinajstić information content (AvgIpc) is 2.88. The molecule has 3 rings (SSSR count). The molecular formula is C13H14N2O2. The van der Waals surface area contributed by atoms with E-state index in [4.69, 9.17) is 4.52 Å². The van der Waals surface area contributed by atoms with Crippen molar-refractivity contribution >= 4 is 0 Å². The molecule has 0 bridgehead atoms. The van der Waals surface area contributed by atoms with Crippen LogP contribution in [0.2, 0.25) is 0 Å². The molecule has 88 valence electrons. The van der Waals surface area contributed by atoms with Gasteiger partial charge in [0.1, 0.15) is 5.75 Å². The quantitative estimate of drug-likeness (QED) is 0.861. The SMILES string of the molecule is Cc1ccc(-c2nc(C3(C)CC3)no2)cc1O. The highest BCUT2D eigenvalue weighted by atomic mass is 16.5. The van der Waals surface area contributed by atoms with Crippen LogP contribution in [0.15, 0.2) is 22.7 Å². The zero-order valence-corrected chi connectivity index (χ0v) is 9.90. The number of benzene rings is 1. The van der Waals surface area contributed by atoms with E-state index in [1.54, 1.807) is 6.07 Å². The molecule has 1 N–H and O–H groups in total. The van der Waals surface area contributed by atoms with Gasteiger partial charge in [-0.05, 0) is 37.5 Å². The van der Waals surface area contributed by atoms with Gasteiger partial charge in [0.05, 0.1) is 0 Å². The van der Waals surface area contributed by atoms with Gasteiger partial charge in [0.25, 0.3) is 5.89 Å². The number of aromatic nitrogens is 2. The molecule has 1 fully saturated rings. The van der Waals surface area contributed by atoms with Crippen LogP contribution in [0.25, 0.3) is 11.5 Å². The maximum atomic E-state index is 9.65. The van der Waals surface area contributed by atoms with Gasteiger partial charge in [-0.3, -0.25) is 0 Å². The van der Waals surface area contributed by atoms with Crippen LogP contribution in [0.3, 0.4) is 0 Å². The summed E-state index contributed by atoms with van der Waals surface area (Å²) in [7, 11) is 0. The Kier molecular flexibility index (Phi) is 2.02. The second-order valence-corrected chi connectivity index (χ2v) is 4.99. The summed E-state index contributed by atoms with van der Waals surface area (Å²) in [6.45, 7) is 3.98. The van der Waals surface area contributed by atoms with Crippen molar-refractivity contribution in [1.29, 1.82) is 0 Å². The molecule has 1 aliphatic carbocycles. The summed E-state index contributed by atoms with van der Waals surface area (Å²) in [6, 6.07) is 5.37. The largest absolute Gasteiger partial charge is 0.508 e. The molecule has 1 saturated carbocycles. The minimum absolute atomic E-state index is 0.106. The second-order valence-electron chi connectivity index (χ2n) is 4.99. The lowest BCUT2D eigenvalue weighted by atomic mass is 10.1. The molecule has 1 aliphatic rings. The molecule has 0 aliphatic heterocycles. The molecule has 2 aromatic rings. The van der Waals surface area contributed by atoms with Gasteiger partial charge >= 0.3 is 0 Å². The van der Waals surface area contributed by atoms with Crippen LogP contribution in [0.4, 0.5) is 0 Å². The fourth-order valence-corrected chi connectivity index (χ4v) is 1.74. The Hall–Kier alpha value is -1.84. The third-order valence-electron chi connectivity index (χ3n) is 3.42. The normalized spacial score (nSPS) is 17.1. The molecule has 0 saturated heterocycles. The number of aryl methyl sites for hydroxylation is 1. The van der Waals surface area contributed by atoms with Crippen LogP contribution in [0, 0.1) is 6.92 Å². The van der Waals surface area contributed by atoms with Crippen LogP contribution in [0.5, 0.6) is 5.75 Å². The third kappa shape index (κ3) is 1.69. The highest BCUT2D eigenvalue weighted by molar-refractivity contribution is 5.57. The number of phenolic OH excluding ortho intramolecular Hbond substituents is 1. The molecule has 4 nitrogen and oxygen atoms in total. The van der Waals surface area contributed by atoms with Crippen LogP contribution in [0.1, 0.15) is 31.2 Å². The topological polar surface area (TPSA) is 59.2 Å². The van der Waals surface area contributed by atoms with Gasteiger partial charge in [0, 0.05) is 11.0 Å². The number of nitrogens with zero attached hydrogens (tertiary/aromatic N) is 2. The van der Waals surface area contributed by atoms with Gasteiger partial charge in [-0.1, -0.05) is 18.1 Å². The van der Waals surface area contributed by atoms with Gasteiger partial charge in [0.15, 0.2) is 5.82 Å². The predicted molar refractivity (Wildman–Crippen MR) is 62.7 cm³/mol. The highest BCUT2D eigenvalue weighted by Crippen LogP contribution is 2.46. The fraction of sp³-hybridized carbons (Fsp3) is 0.385. The van der Waals surface area contributed by atoms with E-state index in [1.165, 1.54) is 0 Å². The molecule has 17 heavy (non-hydrogen) atoms. The summed E-state index contributed by atoms with van der Waals surface area (Å²) in [6.07, 6.45) is 2.23. The predicted octanol–water partition coefficient (Wildman–Crippen LogP) is 2.80. The van der Waals surface area contributed by atoms with E-state index in [1.807, 2.05) is 19.1 Å². The minimum Gasteiger partial charge on any atom is -0.508 e. The second kappa shape index (κ2) is 3.32. The van der Waals surface area contributed by atoms with E-state index in [2.05, 4.69) is 17.1 Å². The van der Waals surface area contributed by atoms with Gasteiger partial charge in [0.2, 0.25) is 0 Å². The summed E-state index contributed by atoms with van der Waals surface area (Å²) in [5.74, 6) is 1.50. The molecule has 0 atom stereocenters. The fourth-order valence-electron chi connectivity index (χ4n) is 1.74. The number of hydrogen-bond acceptors (Lipinski definition) is 4. The number of hydrogen-bond donors (Lipinski definition) is 1. The summed E-state index contributed by atoms with van der Waals surface area (Å²) < 4.78 is 5.24. The number of rotatable bonds is 2. The van der Waals surface area contributed by atoms with E-state index in [-0.39, 0.29) is 11.2 Å². The standard InChI is InChI=1S/C13H14N2O2/c1-8-3-4-9(7-10(8)16)11-14-12(15-17-11)13(2)5-6-13/h3-4,7,16H,5-6H2,1-2H3. The van der Waals surface area contributed by atoms with Crippen molar-refractivity contribution in [3.8, 4) is 17.2 Å². The Bertz CT molecular complexity index is 571. The van der Waals surface area contributed by atoms with Crippen molar-refractivity contribution in [3.05, 3.63) is 29.6 Å². The van der Waals surface area contributed by atoms with Gasteiger partial charge in [-0.15, -0.1) is 0 Å². The summed E-state index contributed by atoms with van der Waals surface area (Å²) in [5.41, 5.74) is 1.70. The first-order valence-corrected chi connectivity index (χ1v) is 5.73. The smallest absolute Gasteiger partial charge is 0.258 e. The van der Waals surface area contributed by atoms with Crippen LogP contribution >= 0.6 is 0 Å². The first-order valence-electron chi connectivity index (χ1n) is 5.73. The lowest BCUT2D eigenvalue weighted by Gasteiger charge is -2.00. The Morgan fingerprint density at radius 3 is 2.76 bits per heavy atom. The van der Waals surface area contributed by atoms with E-state index in [0.717, 1.165) is 29.8 Å². The van der Waals surface area contributed by atoms with E-state index in [9.17, 15) is 5.11 Å². The Morgan fingerprint density at radius 1 is 1.35 bits per heavy atom. The number of aromatic hydroxyl groups is 1.